The van der Waals surface area contributed by atoms with E-state index in [2.05, 4.69) is 4.72 Å². The highest BCUT2D eigenvalue weighted by atomic mass is 32.2. The van der Waals surface area contributed by atoms with Gasteiger partial charge in [-0.3, -0.25) is 14.3 Å². The van der Waals surface area contributed by atoms with Gasteiger partial charge in [-0.25, -0.2) is 8.42 Å². The van der Waals surface area contributed by atoms with Crippen LogP contribution in [-0.2, 0) is 25.4 Å². The van der Waals surface area contributed by atoms with Crippen LogP contribution in [0, 0.1) is 19.8 Å². The quantitative estimate of drug-likeness (QED) is 0.863. The van der Waals surface area contributed by atoms with Crippen LogP contribution in [0.4, 0.5) is 0 Å². The second-order valence-electron chi connectivity index (χ2n) is 7.00. The standard InChI is InChI=1S/C18H26N2O4S/c1-12(2)18(22)20-9-5-6-16(20)17(21)19-25(23,24)11-15-8-7-13(3)10-14(15)4/h7-8,10,12,16H,5-6,9,11H2,1-4H3,(H,19,21)/t16-/m1/s1. The molecule has 0 bridgehead atoms. The fraction of sp³-hybridized carbons (Fsp3) is 0.556. The molecule has 1 fully saturated rings. The minimum absolute atomic E-state index is 0.121. The Bertz CT molecular complexity index is 771. The van der Waals surface area contributed by atoms with Gasteiger partial charge in [0.15, 0.2) is 0 Å². The lowest BCUT2D eigenvalue weighted by atomic mass is 10.1. The summed E-state index contributed by atoms with van der Waals surface area (Å²) < 4.78 is 26.9. The molecule has 1 aliphatic heterocycles. The topological polar surface area (TPSA) is 83.6 Å². The summed E-state index contributed by atoms with van der Waals surface area (Å²) in [6.07, 6.45) is 1.19. The van der Waals surface area contributed by atoms with Crippen molar-refractivity contribution >= 4 is 21.8 Å². The summed E-state index contributed by atoms with van der Waals surface area (Å²) in [6.45, 7) is 7.82. The third-order valence-corrected chi connectivity index (χ3v) is 5.64. The third-order valence-electron chi connectivity index (χ3n) is 4.43. The number of amides is 2. The van der Waals surface area contributed by atoms with E-state index in [9.17, 15) is 18.0 Å². The van der Waals surface area contributed by atoms with E-state index in [1.54, 1.807) is 19.9 Å². The minimum atomic E-state index is -3.81. The van der Waals surface area contributed by atoms with Gasteiger partial charge in [-0.15, -0.1) is 0 Å². The van der Waals surface area contributed by atoms with Crippen LogP contribution < -0.4 is 4.72 Å². The van der Waals surface area contributed by atoms with Crippen LogP contribution in [0.2, 0.25) is 0 Å². The summed E-state index contributed by atoms with van der Waals surface area (Å²) in [5, 5.41) is 0. The highest BCUT2D eigenvalue weighted by molar-refractivity contribution is 7.89. The number of hydrogen-bond acceptors (Lipinski definition) is 4. The predicted molar refractivity (Wildman–Crippen MR) is 96.3 cm³/mol. The number of nitrogens with zero attached hydrogens (tertiary/aromatic N) is 1. The minimum Gasteiger partial charge on any atom is -0.330 e. The Morgan fingerprint density at radius 1 is 1.28 bits per heavy atom. The molecule has 0 aromatic heterocycles. The third kappa shape index (κ3) is 4.81. The fourth-order valence-corrected chi connectivity index (χ4v) is 4.35. The molecule has 1 heterocycles. The van der Waals surface area contributed by atoms with E-state index in [-0.39, 0.29) is 17.6 Å². The zero-order valence-electron chi connectivity index (χ0n) is 15.2. The van der Waals surface area contributed by atoms with Gasteiger partial charge in [0.2, 0.25) is 15.9 Å². The molecule has 2 rings (SSSR count). The number of carbonyl (C=O) groups is 2. The molecule has 138 valence electrons. The Kier molecular flexibility index (Phi) is 5.87. The fourth-order valence-electron chi connectivity index (χ4n) is 3.10. The van der Waals surface area contributed by atoms with Gasteiger partial charge < -0.3 is 4.90 Å². The molecule has 0 spiro atoms. The van der Waals surface area contributed by atoms with Crippen molar-refractivity contribution in [1.29, 1.82) is 0 Å². The van der Waals surface area contributed by atoms with Crippen molar-refractivity contribution in [2.24, 2.45) is 5.92 Å². The summed E-state index contributed by atoms with van der Waals surface area (Å²) in [6, 6.07) is 4.81. The van der Waals surface area contributed by atoms with E-state index in [0.717, 1.165) is 11.1 Å². The van der Waals surface area contributed by atoms with Crippen molar-refractivity contribution in [2.75, 3.05) is 6.54 Å². The van der Waals surface area contributed by atoms with Gasteiger partial charge in [0.25, 0.3) is 5.91 Å². The molecule has 1 aromatic rings. The second kappa shape index (κ2) is 7.56. The molecule has 0 radical (unpaired) electrons. The number of sulfonamides is 1. The van der Waals surface area contributed by atoms with Crippen LogP contribution in [0.3, 0.4) is 0 Å². The summed E-state index contributed by atoms with van der Waals surface area (Å²) in [5.41, 5.74) is 2.58. The molecule has 2 amide bonds. The molecule has 0 aliphatic carbocycles. The van der Waals surface area contributed by atoms with Crippen molar-refractivity contribution < 1.29 is 18.0 Å². The summed E-state index contributed by atoms with van der Waals surface area (Å²) in [5.74, 6) is -1.21. The van der Waals surface area contributed by atoms with Gasteiger partial charge in [0.05, 0.1) is 5.75 Å². The number of benzene rings is 1. The van der Waals surface area contributed by atoms with Crippen LogP contribution in [0.15, 0.2) is 18.2 Å². The molecule has 25 heavy (non-hydrogen) atoms. The zero-order chi connectivity index (χ0) is 18.8. The molecule has 1 N–H and O–H groups in total. The van der Waals surface area contributed by atoms with Crippen LogP contribution in [0.1, 0.15) is 43.4 Å². The van der Waals surface area contributed by atoms with Gasteiger partial charge in [-0.05, 0) is 37.8 Å². The lowest BCUT2D eigenvalue weighted by Crippen LogP contribution is -2.48. The highest BCUT2D eigenvalue weighted by Crippen LogP contribution is 2.20. The Labute approximate surface area is 149 Å². The van der Waals surface area contributed by atoms with Crippen molar-refractivity contribution in [2.45, 2.75) is 52.3 Å². The van der Waals surface area contributed by atoms with Gasteiger partial charge in [0, 0.05) is 12.5 Å². The number of aryl methyl sites for hydroxylation is 2. The smallest absolute Gasteiger partial charge is 0.256 e. The first kappa shape index (κ1) is 19.4. The Hall–Kier alpha value is -1.89. The van der Waals surface area contributed by atoms with Gasteiger partial charge in [-0.1, -0.05) is 37.6 Å². The summed E-state index contributed by atoms with van der Waals surface area (Å²) >= 11 is 0. The Morgan fingerprint density at radius 3 is 2.56 bits per heavy atom. The number of carbonyl (C=O) groups excluding carboxylic acids is 2. The first-order valence-electron chi connectivity index (χ1n) is 8.51. The lowest BCUT2D eigenvalue weighted by molar-refractivity contribution is -0.140. The number of nitrogens with one attached hydrogen (secondary N) is 1. The predicted octanol–water partition coefficient (Wildman–Crippen LogP) is 1.90. The normalized spacial score (nSPS) is 17.8. The van der Waals surface area contributed by atoms with E-state index in [1.807, 2.05) is 26.0 Å². The molecule has 7 heteroatoms. The maximum atomic E-state index is 12.4. The molecule has 1 saturated heterocycles. The average molecular weight is 366 g/mol. The first-order chi connectivity index (χ1) is 11.6. The van der Waals surface area contributed by atoms with E-state index >= 15 is 0 Å². The number of hydrogen-bond donors (Lipinski definition) is 1. The summed E-state index contributed by atoms with van der Waals surface area (Å²) in [4.78, 5) is 26.1. The maximum absolute atomic E-state index is 12.4. The average Bonchev–Trinajstić information content (AvgIpc) is 2.98. The van der Waals surface area contributed by atoms with E-state index < -0.39 is 22.0 Å². The van der Waals surface area contributed by atoms with E-state index in [1.165, 1.54) is 4.90 Å². The lowest BCUT2D eigenvalue weighted by Gasteiger charge is -2.25. The van der Waals surface area contributed by atoms with Crippen LogP contribution >= 0.6 is 0 Å². The molecule has 0 unspecified atom stereocenters. The highest BCUT2D eigenvalue weighted by Gasteiger charge is 2.36. The molecular weight excluding hydrogens is 340 g/mol. The molecule has 1 aromatic carbocycles. The number of likely N-dealkylation sites (tertiary alicyclic amines) is 1. The monoisotopic (exact) mass is 366 g/mol. The SMILES string of the molecule is Cc1ccc(CS(=O)(=O)NC(=O)[C@H]2CCCN2C(=O)C(C)C)c(C)c1. The summed E-state index contributed by atoms with van der Waals surface area (Å²) in [7, 11) is -3.81. The second-order valence-corrected chi connectivity index (χ2v) is 8.72. The van der Waals surface area contributed by atoms with E-state index in [0.29, 0.717) is 24.9 Å². The molecule has 1 atom stereocenters. The van der Waals surface area contributed by atoms with Crippen molar-refractivity contribution in [3.05, 3.63) is 34.9 Å². The van der Waals surface area contributed by atoms with Crippen LogP contribution in [-0.4, -0.2) is 37.7 Å². The molecule has 1 aliphatic rings. The maximum Gasteiger partial charge on any atom is 0.256 e. The zero-order valence-corrected chi connectivity index (χ0v) is 16.0. The Balaban J connectivity index is 2.09. The van der Waals surface area contributed by atoms with Gasteiger partial charge >= 0.3 is 0 Å². The molecule has 0 saturated carbocycles. The molecular formula is C18H26N2O4S. The van der Waals surface area contributed by atoms with Crippen molar-refractivity contribution in [3.8, 4) is 0 Å². The van der Waals surface area contributed by atoms with Crippen LogP contribution in [0.25, 0.3) is 0 Å². The van der Waals surface area contributed by atoms with Crippen molar-refractivity contribution in [1.82, 2.24) is 9.62 Å². The first-order valence-corrected chi connectivity index (χ1v) is 10.2. The van der Waals surface area contributed by atoms with E-state index in [4.69, 9.17) is 0 Å². The van der Waals surface area contributed by atoms with Gasteiger partial charge in [0.1, 0.15) is 6.04 Å². The largest absolute Gasteiger partial charge is 0.330 e. The van der Waals surface area contributed by atoms with Crippen LogP contribution in [0.5, 0.6) is 0 Å². The van der Waals surface area contributed by atoms with Gasteiger partial charge in [-0.2, -0.15) is 0 Å². The Morgan fingerprint density at radius 2 is 1.96 bits per heavy atom. The van der Waals surface area contributed by atoms with Crippen molar-refractivity contribution in [3.63, 3.8) is 0 Å². The number of rotatable bonds is 5. The molecule has 6 nitrogen and oxygen atoms in total.